The van der Waals surface area contributed by atoms with Gasteiger partial charge in [-0.15, -0.1) is 0 Å². The predicted molar refractivity (Wildman–Crippen MR) is 101 cm³/mol. The first-order valence-electron chi connectivity index (χ1n) is 7.47. The molecule has 0 aliphatic heterocycles. The van der Waals surface area contributed by atoms with Crippen LogP contribution < -0.4 is 0 Å². The molecule has 2 rings (SSSR count). The lowest BCUT2D eigenvalue weighted by atomic mass is 10.1. The summed E-state index contributed by atoms with van der Waals surface area (Å²) >= 11 is 6.67. The monoisotopic (exact) mass is 450 g/mol. The number of carbonyl (C=O) groups excluding carboxylic acids is 2. The van der Waals surface area contributed by atoms with E-state index >= 15 is 0 Å². The molecule has 0 atom stereocenters. The van der Waals surface area contributed by atoms with Crippen LogP contribution in [0, 0.1) is 0 Å². The van der Waals surface area contributed by atoms with E-state index in [4.69, 9.17) is 0 Å². The molecular formula is C18H16Br2N2O2. The molecule has 24 heavy (non-hydrogen) atoms. The SMILES string of the molecule is O=C(CCN=NCCC(=O)c1ccc(Br)cc1)c1ccc(Br)cc1. The summed E-state index contributed by atoms with van der Waals surface area (Å²) in [5, 5.41) is 7.94. The van der Waals surface area contributed by atoms with Crippen molar-refractivity contribution in [1.29, 1.82) is 0 Å². The van der Waals surface area contributed by atoms with E-state index in [1.165, 1.54) is 0 Å². The molecule has 2 aromatic rings. The van der Waals surface area contributed by atoms with Gasteiger partial charge in [0.05, 0.1) is 13.1 Å². The zero-order chi connectivity index (χ0) is 17.4. The summed E-state index contributed by atoms with van der Waals surface area (Å²) in [5.74, 6) is 0.0692. The van der Waals surface area contributed by atoms with Crippen molar-refractivity contribution in [1.82, 2.24) is 0 Å². The first-order valence-corrected chi connectivity index (χ1v) is 9.05. The number of rotatable bonds is 8. The second kappa shape index (κ2) is 9.59. The number of Topliss-reactive ketones (excluding diaryl/α,β-unsaturated/α-hetero) is 2. The predicted octanol–water partition coefficient (Wildman–Crippen LogP) is 5.51. The van der Waals surface area contributed by atoms with Gasteiger partial charge >= 0.3 is 0 Å². The number of hydrogen-bond acceptors (Lipinski definition) is 4. The van der Waals surface area contributed by atoms with E-state index in [1.54, 1.807) is 24.3 Å². The lowest BCUT2D eigenvalue weighted by molar-refractivity contribution is 0.0974. The molecular weight excluding hydrogens is 436 g/mol. The Labute approximate surface area is 157 Å². The summed E-state index contributed by atoms with van der Waals surface area (Å²) in [5.41, 5.74) is 1.33. The second-order valence-corrected chi connectivity index (χ2v) is 6.92. The van der Waals surface area contributed by atoms with Crippen molar-refractivity contribution in [3.05, 3.63) is 68.6 Å². The summed E-state index contributed by atoms with van der Waals surface area (Å²) < 4.78 is 1.88. The van der Waals surface area contributed by atoms with Gasteiger partial charge in [0.2, 0.25) is 0 Å². The van der Waals surface area contributed by atoms with Crippen molar-refractivity contribution < 1.29 is 9.59 Å². The number of azo groups is 1. The van der Waals surface area contributed by atoms with E-state index in [0.29, 0.717) is 37.1 Å². The van der Waals surface area contributed by atoms with E-state index in [0.717, 1.165) is 8.95 Å². The fourth-order valence-corrected chi connectivity index (χ4v) is 2.53. The molecule has 0 amide bonds. The third-order valence-electron chi connectivity index (χ3n) is 3.31. The Balaban J connectivity index is 1.69. The van der Waals surface area contributed by atoms with Crippen molar-refractivity contribution in [2.45, 2.75) is 12.8 Å². The Morgan fingerprint density at radius 2 is 1.00 bits per heavy atom. The second-order valence-electron chi connectivity index (χ2n) is 5.09. The van der Waals surface area contributed by atoms with Gasteiger partial charge in [0, 0.05) is 32.9 Å². The average molecular weight is 452 g/mol. The van der Waals surface area contributed by atoms with Gasteiger partial charge in [-0.3, -0.25) is 9.59 Å². The zero-order valence-electron chi connectivity index (χ0n) is 12.9. The molecule has 0 spiro atoms. The maximum atomic E-state index is 11.9. The molecule has 0 saturated heterocycles. The number of benzene rings is 2. The highest BCUT2D eigenvalue weighted by atomic mass is 79.9. The third kappa shape index (κ3) is 6.09. The quantitative estimate of drug-likeness (QED) is 0.392. The minimum absolute atomic E-state index is 0.0346. The molecule has 0 aromatic heterocycles. The molecule has 0 fully saturated rings. The summed E-state index contributed by atoms with van der Waals surface area (Å²) in [4.78, 5) is 23.9. The first kappa shape index (κ1) is 18.7. The summed E-state index contributed by atoms with van der Waals surface area (Å²) in [6.45, 7) is 0.669. The van der Waals surface area contributed by atoms with Crippen LogP contribution in [-0.2, 0) is 0 Å². The molecule has 4 nitrogen and oxygen atoms in total. The van der Waals surface area contributed by atoms with Crippen molar-refractivity contribution in [2.24, 2.45) is 10.2 Å². The van der Waals surface area contributed by atoms with Gasteiger partial charge in [0.1, 0.15) is 0 Å². The van der Waals surface area contributed by atoms with Gasteiger partial charge in [-0.25, -0.2) is 0 Å². The van der Waals surface area contributed by atoms with Crippen molar-refractivity contribution in [3.63, 3.8) is 0 Å². The maximum absolute atomic E-state index is 11.9. The van der Waals surface area contributed by atoms with Crippen LogP contribution >= 0.6 is 31.9 Å². The minimum Gasteiger partial charge on any atom is -0.294 e. The highest BCUT2D eigenvalue weighted by molar-refractivity contribution is 9.10. The van der Waals surface area contributed by atoms with Gasteiger partial charge in [-0.05, 0) is 24.3 Å². The van der Waals surface area contributed by atoms with E-state index in [9.17, 15) is 9.59 Å². The summed E-state index contributed by atoms with van der Waals surface area (Å²) in [7, 11) is 0. The van der Waals surface area contributed by atoms with Gasteiger partial charge in [0.15, 0.2) is 11.6 Å². The fourth-order valence-electron chi connectivity index (χ4n) is 2.00. The van der Waals surface area contributed by atoms with Crippen molar-refractivity contribution in [3.8, 4) is 0 Å². The molecule has 0 aliphatic carbocycles. The lowest BCUT2D eigenvalue weighted by Gasteiger charge is -1.99. The minimum atomic E-state index is 0.0346. The Kier molecular flexibility index (Phi) is 7.46. The number of hydrogen-bond donors (Lipinski definition) is 0. The van der Waals surface area contributed by atoms with E-state index in [1.807, 2.05) is 24.3 Å². The van der Waals surface area contributed by atoms with Crippen LogP contribution in [0.4, 0.5) is 0 Å². The van der Waals surface area contributed by atoms with Crippen LogP contribution in [0.1, 0.15) is 33.6 Å². The summed E-state index contributed by atoms with van der Waals surface area (Å²) in [6.07, 6.45) is 0.623. The van der Waals surface area contributed by atoms with Crippen molar-refractivity contribution >= 4 is 43.4 Å². The molecule has 124 valence electrons. The average Bonchev–Trinajstić information content (AvgIpc) is 2.58. The molecule has 0 saturated carbocycles. The number of carbonyl (C=O) groups is 2. The number of ketones is 2. The molecule has 6 heteroatoms. The van der Waals surface area contributed by atoms with Gasteiger partial charge in [-0.2, -0.15) is 10.2 Å². The Bertz CT molecular complexity index is 662. The molecule has 0 unspecified atom stereocenters. The zero-order valence-corrected chi connectivity index (χ0v) is 16.1. The van der Waals surface area contributed by atoms with Crippen molar-refractivity contribution in [2.75, 3.05) is 13.1 Å². The molecule has 0 bridgehead atoms. The third-order valence-corrected chi connectivity index (χ3v) is 4.37. The van der Waals surface area contributed by atoms with E-state index in [-0.39, 0.29) is 11.6 Å². The van der Waals surface area contributed by atoms with Crippen LogP contribution in [0.5, 0.6) is 0 Å². The highest BCUT2D eigenvalue weighted by Crippen LogP contribution is 2.13. The Hall–Kier alpha value is -1.66. The van der Waals surface area contributed by atoms with E-state index in [2.05, 4.69) is 42.1 Å². The normalized spacial score (nSPS) is 10.9. The molecule has 0 aliphatic rings. The standard InChI is InChI=1S/C18H16Br2N2O2/c19-15-5-1-13(2-6-15)17(23)9-11-21-22-12-10-18(24)14-3-7-16(20)8-4-14/h1-8H,9-12H2. The smallest absolute Gasteiger partial charge is 0.164 e. The topological polar surface area (TPSA) is 58.9 Å². The van der Waals surface area contributed by atoms with Crippen LogP contribution in [0.25, 0.3) is 0 Å². The maximum Gasteiger partial charge on any atom is 0.164 e. The fraction of sp³-hybridized carbons (Fsp3) is 0.222. The lowest BCUT2D eigenvalue weighted by Crippen LogP contribution is -2.02. The van der Waals surface area contributed by atoms with Crippen LogP contribution in [0.2, 0.25) is 0 Å². The number of halogens is 2. The largest absolute Gasteiger partial charge is 0.294 e. The molecule has 0 radical (unpaired) electrons. The molecule has 2 aromatic carbocycles. The van der Waals surface area contributed by atoms with E-state index < -0.39 is 0 Å². The Morgan fingerprint density at radius 1 is 0.667 bits per heavy atom. The molecule has 0 N–H and O–H groups in total. The number of nitrogens with zero attached hydrogens (tertiary/aromatic N) is 2. The van der Waals surface area contributed by atoms with Gasteiger partial charge in [0.25, 0.3) is 0 Å². The van der Waals surface area contributed by atoms with Crippen LogP contribution in [0.15, 0.2) is 67.7 Å². The Morgan fingerprint density at radius 3 is 1.33 bits per heavy atom. The van der Waals surface area contributed by atoms with Gasteiger partial charge < -0.3 is 0 Å². The van der Waals surface area contributed by atoms with Crippen LogP contribution in [0.3, 0.4) is 0 Å². The summed E-state index contributed by atoms with van der Waals surface area (Å²) in [6, 6.07) is 14.5. The first-order chi connectivity index (χ1) is 11.6. The van der Waals surface area contributed by atoms with Gasteiger partial charge in [-0.1, -0.05) is 56.1 Å². The molecule has 0 heterocycles. The highest BCUT2D eigenvalue weighted by Gasteiger charge is 2.06. The van der Waals surface area contributed by atoms with Crippen LogP contribution in [-0.4, -0.2) is 24.7 Å².